The van der Waals surface area contributed by atoms with Crippen LogP contribution in [0.4, 0.5) is 0 Å². The lowest BCUT2D eigenvalue weighted by Gasteiger charge is -2.45. The summed E-state index contributed by atoms with van der Waals surface area (Å²) in [7, 11) is 1.69. The molecule has 5 rings (SSSR count). The molecule has 3 saturated heterocycles. The maximum absolute atomic E-state index is 13.0. The molecule has 1 unspecified atom stereocenters. The number of methoxy groups -OCH3 is 1. The van der Waals surface area contributed by atoms with Crippen molar-refractivity contribution < 1.29 is 9.53 Å². The molecule has 36 heavy (non-hydrogen) atoms. The van der Waals surface area contributed by atoms with E-state index in [4.69, 9.17) is 4.74 Å². The molecule has 3 aliphatic heterocycles. The zero-order valence-corrected chi connectivity index (χ0v) is 22.3. The van der Waals surface area contributed by atoms with Crippen LogP contribution in [0.3, 0.4) is 0 Å². The van der Waals surface area contributed by atoms with Crippen molar-refractivity contribution in [3.05, 3.63) is 65.7 Å². The lowest BCUT2D eigenvalue weighted by molar-refractivity contribution is -0.128. The Hall–Kier alpha value is -2.37. The van der Waals surface area contributed by atoms with Gasteiger partial charge in [-0.15, -0.1) is 0 Å². The van der Waals surface area contributed by atoms with Crippen LogP contribution in [0, 0.1) is 17.3 Å². The highest BCUT2D eigenvalue weighted by Crippen LogP contribution is 2.44. The number of piperidine rings is 1. The second kappa shape index (κ2) is 10.9. The molecule has 3 fully saturated rings. The van der Waals surface area contributed by atoms with Gasteiger partial charge in [-0.3, -0.25) is 9.69 Å². The van der Waals surface area contributed by atoms with Crippen LogP contribution in [-0.4, -0.2) is 61.6 Å². The molecule has 0 aliphatic carbocycles. The standard InChI is InChI=1S/C31H43N3O2/c1-23(2)17-29(28-20-32-19-27(28)25-7-5-4-6-8-25)33-15-13-31(14-16-33)18-30(35)34(22-31)21-24-9-11-26(36-3)12-10-24/h4-12,23,27-29,32H,13-22H2,1-3H3/t27-,28-,29?/m1/s1. The molecule has 3 aliphatic rings. The van der Waals surface area contributed by atoms with Crippen LogP contribution in [0.1, 0.15) is 56.6 Å². The number of rotatable bonds is 8. The summed E-state index contributed by atoms with van der Waals surface area (Å²) in [6.07, 6.45) is 4.21. The molecular formula is C31H43N3O2. The van der Waals surface area contributed by atoms with E-state index in [0.29, 0.717) is 42.7 Å². The maximum Gasteiger partial charge on any atom is 0.223 e. The molecular weight excluding hydrogens is 446 g/mol. The summed E-state index contributed by atoms with van der Waals surface area (Å²) in [5.41, 5.74) is 2.80. The fourth-order valence-corrected chi connectivity index (χ4v) is 6.99. The smallest absolute Gasteiger partial charge is 0.223 e. The first-order valence-corrected chi connectivity index (χ1v) is 13.9. The Labute approximate surface area is 217 Å². The lowest BCUT2D eigenvalue weighted by Crippen LogP contribution is -2.50. The number of nitrogens with one attached hydrogen (secondary N) is 1. The predicted octanol–water partition coefficient (Wildman–Crippen LogP) is 4.93. The van der Waals surface area contributed by atoms with Crippen molar-refractivity contribution in [2.24, 2.45) is 17.3 Å². The fourth-order valence-electron chi connectivity index (χ4n) is 6.99. The van der Waals surface area contributed by atoms with E-state index >= 15 is 0 Å². The van der Waals surface area contributed by atoms with E-state index in [1.165, 1.54) is 17.5 Å². The summed E-state index contributed by atoms with van der Waals surface area (Å²) in [4.78, 5) is 17.9. The summed E-state index contributed by atoms with van der Waals surface area (Å²) >= 11 is 0. The van der Waals surface area contributed by atoms with Gasteiger partial charge in [0.25, 0.3) is 0 Å². The first kappa shape index (κ1) is 25.3. The van der Waals surface area contributed by atoms with Gasteiger partial charge in [0.1, 0.15) is 5.75 Å². The van der Waals surface area contributed by atoms with Gasteiger partial charge < -0.3 is 15.0 Å². The minimum atomic E-state index is 0.148. The molecule has 0 saturated carbocycles. The summed E-state index contributed by atoms with van der Waals surface area (Å²) in [5, 5.41) is 3.72. The number of nitrogens with zero attached hydrogens (tertiary/aromatic N) is 2. The van der Waals surface area contributed by atoms with Crippen LogP contribution in [-0.2, 0) is 11.3 Å². The molecule has 1 N–H and O–H groups in total. The molecule has 194 valence electrons. The number of carbonyl (C=O) groups excluding carboxylic acids is 1. The van der Waals surface area contributed by atoms with Crippen molar-refractivity contribution in [3.63, 3.8) is 0 Å². The van der Waals surface area contributed by atoms with E-state index in [0.717, 1.165) is 51.3 Å². The van der Waals surface area contributed by atoms with E-state index in [9.17, 15) is 4.79 Å². The second-order valence-corrected chi connectivity index (χ2v) is 11.8. The quantitative estimate of drug-likeness (QED) is 0.571. The monoisotopic (exact) mass is 489 g/mol. The van der Waals surface area contributed by atoms with E-state index in [2.05, 4.69) is 71.4 Å². The van der Waals surface area contributed by atoms with Gasteiger partial charge in [0.2, 0.25) is 5.91 Å². The molecule has 0 radical (unpaired) electrons. The normalized spacial score (nSPS) is 25.1. The number of carbonyl (C=O) groups is 1. The van der Waals surface area contributed by atoms with Crippen LogP contribution in [0.5, 0.6) is 5.75 Å². The van der Waals surface area contributed by atoms with Crippen LogP contribution < -0.4 is 10.1 Å². The Kier molecular flexibility index (Phi) is 7.68. The molecule has 0 aromatic heterocycles. The van der Waals surface area contributed by atoms with E-state index < -0.39 is 0 Å². The van der Waals surface area contributed by atoms with Gasteiger partial charge in [-0.05, 0) is 72.9 Å². The Bertz CT molecular complexity index is 998. The highest BCUT2D eigenvalue weighted by molar-refractivity contribution is 5.79. The van der Waals surface area contributed by atoms with Crippen molar-refractivity contribution in [2.45, 2.75) is 58.0 Å². The molecule has 0 bridgehead atoms. The summed E-state index contributed by atoms with van der Waals surface area (Å²) in [6.45, 7) is 10.7. The van der Waals surface area contributed by atoms with E-state index in [-0.39, 0.29) is 5.41 Å². The highest BCUT2D eigenvalue weighted by atomic mass is 16.5. The SMILES string of the molecule is COc1ccc(CN2CC3(CCN(C(CC(C)C)[C@@H]4CNC[C@@H]4c4ccccc4)CC3)CC2=O)cc1. The second-order valence-electron chi connectivity index (χ2n) is 11.8. The Morgan fingerprint density at radius 1 is 1.03 bits per heavy atom. The Morgan fingerprint density at radius 3 is 2.42 bits per heavy atom. The van der Waals surface area contributed by atoms with Gasteiger partial charge in [-0.2, -0.15) is 0 Å². The zero-order valence-electron chi connectivity index (χ0n) is 22.3. The minimum absolute atomic E-state index is 0.148. The number of hydrogen-bond acceptors (Lipinski definition) is 4. The van der Waals surface area contributed by atoms with E-state index in [1.807, 2.05) is 12.1 Å². The number of ether oxygens (including phenoxy) is 1. The topological polar surface area (TPSA) is 44.8 Å². The van der Waals surface area contributed by atoms with Crippen LogP contribution >= 0.6 is 0 Å². The van der Waals surface area contributed by atoms with Crippen molar-refractivity contribution in [1.29, 1.82) is 0 Å². The van der Waals surface area contributed by atoms with Crippen molar-refractivity contribution >= 4 is 5.91 Å². The summed E-state index contributed by atoms with van der Waals surface area (Å²) in [5.74, 6) is 3.08. The van der Waals surface area contributed by atoms with Gasteiger partial charge in [-0.25, -0.2) is 0 Å². The highest BCUT2D eigenvalue weighted by Gasteiger charge is 2.47. The first-order valence-electron chi connectivity index (χ1n) is 13.9. The largest absolute Gasteiger partial charge is 0.497 e. The molecule has 5 heteroatoms. The molecule has 2 aromatic carbocycles. The maximum atomic E-state index is 13.0. The van der Waals surface area contributed by atoms with Gasteiger partial charge >= 0.3 is 0 Å². The van der Waals surface area contributed by atoms with Gasteiger partial charge in [0, 0.05) is 44.6 Å². The average molecular weight is 490 g/mol. The van der Waals surface area contributed by atoms with Gasteiger partial charge in [0.05, 0.1) is 7.11 Å². The number of benzene rings is 2. The third-order valence-corrected chi connectivity index (χ3v) is 8.96. The third kappa shape index (κ3) is 5.47. The summed E-state index contributed by atoms with van der Waals surface area (Å²) in [6, 6.07) is 19.8. The van der Waals surface area contributed by atoms with E-state index in [1.54, 1.807) is 7.11 Å². The van der Waals surface area contributed by atoms with Crippen molar-refractivity contribution in [3.8, 4) is 5.75 Å². The predicted molar refractivity (Wildman–Crippen MR) is 145 cm³/mol. The fraction of sp³-hybridized carbons (Fsp3) is 0.581. The minimum Gasteiger partial charge on any atom is -0.497 e. The van der Waals surface area contributed by atoms with Gasteiger partial charge in [0.15, 0.2) is 0 Å². The van der Waals surface area contributed by atoms with Crippen LogP contribution in [0.15, 0.2) is 54.6 Å². The first-order chi connectivity index (χ1) is 17.5. The average Bonchev–Trinajstić information content (AvgIpc) is 3.49. The molecule has 3 heterocycles. The lowest BCUT2D eigenvalue weighted by atomic mass is 9.75. The van der Waals surface area contributed by atoms with Crippen LogP contribution in [0.25, 0.3) is 0 Å². The molecule has 1 spiro atoms. The molecule has 5 nitrogen and oxygen atoms in total. The van der Waals surface area contributed by atoms with Crippen molar-refractivity contribution in [1.82, 2.24) is 15.1 Å². The molecule has 2 aromatic rings. The van der Waals surface area contributed by atoms with Gasteiger partial charge in [-0.1, -0.05) is 56.3 Å². The zero-order chi connectivity index (χ0) is 25.1. The molecule has 1 amide bonds. The number of amides is 1. The Morgan fingerprint density at radius 2 is 1.75 bits per heavy atom. The van der Waals surface area contributed by atoms with Crippen molar-refractivity contribution in [2.75, 3.05) is 39.8 Å². The summed E-state index contributed by atoms with van der Waals surface area (Å²) < 4.78 is 5.28. The third-order valence-electron chi connectivity index (χ3n) is 8.96. The molecule has 3 atom stereocenters. The Balaban J connectivity index is 1.24. The number of hydrogen-bond donors (Lipinski definition) is 1. The van der Waals surface area contributed by atoms with Crippen LogP contribution in [0.2, 0.25) is 0 Å². The number of likely N-dealkylation sites (tertiary alicyclic amines) is 2.